The van der Waals surface area contributed by atoms with E-state index in [1.54, 1.807) is 12.1 Å². The number of halogens is 3. The molecular formula is C18H12F3NO4. The Morgan fingerprint density at radius 2 is 1.88 bits per heavy atom. The molecule has 3 rings (SSSR count). The number of alkyl halides is 3. The summed E-state index contributed by atoms with van der Waals surface area (Å²) in [7, 11) is 1.46. The summed E-state index contributed by atoms with van der Waals surface area (Å²) in [5.74, 6) is -0.377. The predicted molar refractivity (Wildman–Crippen MR) is 88.4 cm³/mol. The van der Waals surface area contributed by atoms with E-state index in [-0.39, 0.29) is 16.8 Å². The van der Waals surface area contributed by atoms with E-state index in [0.29, 0.717) is 11.1 Å². The third-order valence-electron chi connectivity index (χ3n) is 3.63. The number of carbonyl (C=O) groups is 1. The molecule has 5 nitrogen and oxygen atoms in total. The third kappa shape index (κ3) is 3.53. The minimum Gasteiger partial charge on any atom is -0.497 e. The Labute approximate surface area is 145 Å². The smallest absolute Gasteiger partial charge is 0.416 e. The van der Waals surface area contributed by atoms with Gasteiger partial charge in [-0.15, -0.1) is 0 Å². The zero-order valence-electron chi connectivity index (χ0n) is 13.4. The van der Waals surface area contributed by atoms with Crippen LogP contribution < -0.4 is 15.7 Å². The zero-order chi connectivity index (χ0) is 18.9. The second-order valence-corrected chi connectivity index (χ2v) is 5.38. The first-order valence-corrected chi connectivity index (χ1v) is 7.38. The highest BCUT2D eigenvalue weighted by atomic mass is 19.4. The topological polar surface area (TPSA) is 68.5 Å². The molecule has 134 valence electrons. The van der Waals surface area contributed by atoms with Gasteiger partial charge in [0.1, 0.15) is 16.9 Å². The van der Waals surface area contributed by atoms with Gasteiger partial charge in [0, 0.05) is 11.1 Å². The number of anilines is 1. The summed E-state index contributed by atoms with van der Waals surface area (Å²) in [5, 5.41) is 2.72. The molecule has 8 heteroatoms. The van der Waals surface area contributed by atoms with Crippen LogP contribution in [0.5, 0.6) is 5.75 Å². The van der Waals surface area contributed by atoms with Gasteiger partial charge in [0.15, 0.2) is 0 Å². The second kappa shape index (κ2) is 6.55. The Kier molecular flexibility index (Phi) is 4.41. The molecule has 0 atom stereocenters. The summed E-state index contributed by atoms with van der Waals surface area (Å²) >= 11 is 0. The number of ether oxygens (including phenoxy) is 1. The van der Waals surface area contributed by atoms with E-state index in [0.717, 1.165) is 18.2 Å². The lowest BCUT2D eigenvalue weighted by Gasteiger charge is -2.10. The SMILES string of the molecule is COc1ccc2oc(=O)c(C(=O)Nc3cccc(C(F)(F)F)c3)cc2c1. The summed E-state index contributed by atoms with van der Waals surface area (Å²) in [6.45, 7) is 0. The van der Waals surface area contributed by atoms with E-state index in [2.05, 4.69) is 5.32 Å². The van der Waals surface area contributed by atoms with Gasteiger partial charge in [-0.1, -0.05) is 6.07 Å². The molecule has 0 saturated carbocycles. The van der Waals surface area contributed by atoms with E-state index in [9.17, 15) is 22.8 Å². The molecule has 0 bridgehead atoms. The molecule has 0 aliphatic carbocycles. The van der Waals surface area contributed by atoms with Gasteiger partial charge in [-0.05, 0) is 42.5 Å². The predicted octanol–water partition coefficient (Wildman–Crippen LogP) is 4.07. The standard InChI is InChI=1S/C18H12F3NO4/c1-25-13-5-6-15-10(7-13)8-14(17(24)26-15)16(23)22-12-4-2-3-11(9-12)18(19,20)21/h2-9H,1H3,(H,22,23). The molecule has 0 fully saturated rings. The van der Waals surface area contributed by atoms with E-state index in [1.807, 2.05) is 0 Å². The Bertz CT molecular complexity index is 1040. The van der Waals surface area contributed by atoms with Crippen molar-refractivity contribution in [1.29, 1.82) is 0 Å². The van der Waals surface area contributed by atoms with E-state index < -0.39 is 23.3 Å². The molecule has 0 unspecified atom stereocenters. The van der Waals surface area contributed by atoms with Crippen LogP contribution in [0.3, 0.4) is 0 Å². The highest BCUT2D eigenvalue weighted by Crippen LogP contribution is 2.30. The first kappa shape index (κ1) is 17.5. The molecule has 0 aliphatic heterocycles. The Balaban J connectivity index is 1.95. The average molecular weight is 363 g/mol. The fourth-order valence-electron chi connectivity index (χ4n) is 2.36. The van der Waals surface area contributed by atoms with Gasteiger partial charge in [0.05, 0.1) is 12.7 Å². The lowest BCUT2D eigenvalue weighted by atomic mass is 10.1. The largest absolute Gasteiger partial charge is 0.497 e. The summed E-state index contributed by atoms with van der Waals surface area (Å²) in [6.07, 6.45) is -4.54. The fourth-order valence-corrected chi connectivity index (χ4v) is 2.36. The molecule has 26 heavy (non-hydrogen) atoms. The normalized spacial score (nSPS) is 11.4. The molecule has 2 aromatic carbocycles. The molecule has 3 aromatic rings. The molecule has 0 saturated heterocycles. The molecule has 0 spiro atoms. The number of fused-ring (bicyclic) bond motifs is 1. The van der Waals surface area contributed by atoms with Crippen molar-refractivity contribution in [3.63, 3.8) is 0 Å². The second-order valence-electron chi connectivity index (χ2n) is 5.38. The van der Waals surface area contributed by atoms with Gasteiger partial charge in [0.2, 0.25) is 0 Å². The summed E-state index contributed by atoms with van der Waals surface area (Å²) in [5.41, 5.74) is -1.97. The van der Waals surface area contributed by atoms with Crippen LogP contribution in [-0.2, 0) is 6.18 Å². The monoisotopic (exact) mass is 363 g/mol. The van der Waals surface area contributed by atoms with E-state index in [1.165, 1.54) is 25.3 Å². The molecule has 1 aromatic heterocycles. The lowest BCUT2D eigenvalue weighted by Crippen LogP contribution is -2.21. The van der Waals surface area contributed by atoms with Crippen molar-refractivity contribution in [3.05, 3.63) is 70.1 Å². The van der Waals surface area contributed by atoms with Crippen molar-refractivity contribution in [2.45, 2.75) is 6.18 Å². The minimum absolute atomic E-state index is 0.0880. The van der Waals surface area contributed by atoms with Crippen LogP contribution in [0.2, 0.25) is 0 Å². The van der Waals surface area contributed by atoms with Crippen molar-refractivity contribution < 1.29 is 27.1 Å². The number of rotatable bonds is 3. The van der Waals surface area contributed by atoms with Crippen LogP contribution in [-0.4, -0.2) is 13.0 Å². The highest BCUT2D eigenvalue weighted by molar-refractivity contribution is 6.05. The summed E-state index contributed by atoms with van der Waals surface area (Å²) in [6, 6.07) is 10.1. The van der Waals surface area contributed by atoms with Crippen molar-refractivity contribution in [2.24, 2.45) is 0 Å². The van der Waals surface area contributed by atoms with Crippen LogP contribution in [0.25, 0.3) is 11.0 Å². The molecule has 1 heterocycles. The highest BCUT2D eigenvalue weighted by Gasteiger charge is 2.30. The number of carbonyl (C=O) groups excluding carboxylic acids is 1. The van der Waals surface area contributed by atoms with Gasteiger partial charge in [-0.2, -0.15) is 13.2 Å². The maximum absolute atomic E-state index is 12.7. The zero-order valence-corrected chi connectivity index (χ0v) is 13.4. The van der Waals surface area contributed by atoms with Crippen LogP contribution in [0, 0.1) is 0 Å². The molecule has 0 radical (unpaired) electrons. The summed E-state index contributed by atoms with van der Waals surface area (Å²) in [4.78, 5) is 24.3. The Morgan fingerprint density at radius 3 is 2.58 bits per heavy atom. The van der Waals surface area contributed by atoms with Gasteiger partial charge < -0.3 is 14.5 Å². The van der Waals surface area contributed by atoms with Gasteiger partial charge in [-0.3, -0.25) is 4.79 Å². The number of amides is 1. The minimum atomic E-state index is -4.54. The fraction of sp³-hybridized carbons (Fsp3) is 0.111. The van der Waals surface area contributed by atoms with Crippen LogP contribution in [0.15, 0.2) is 57.7 Å². The van der Waals surface area contributed by atoms with Gasteiger partial charge in [0.25, 0.3) is 5.91 Å². The van der Waals surface area contributed by atoms with Crippen LogP contribution >= 0.6 is 0 Å². The van der Waals surface area contributed by atoms with Gasteiger partial charge >= 0.3 is 11.8 Å². The third-order valence-corrected chi connectivity index (χ3v) is 3.63. The first-order chi connectivity index (χ1) is 12.3. The molecule has 0 aliphatic rings. The average Bonchev–Trinajstić information content (AvgIpc) is 2.60. The lowest BCUT2D eigenvalue weighted by molar-refractivity contribution is -0.137. The number of benzene rings is 2. The maximum Gasteiger partial charge on any atom is 0.416 e. The summed E-state index contributed by atoms with van der Waals surface area (Å²) < 4.78 is 48.4. The molecule has 1 N–H and O–H groups in total. The number of hydrogen-bond donors (Lipinski definition) is 1. The Hall–Kier alpha value is -3.29. The first-order valence-electron chi connectivity index (χ1n) is 7.38. The van der Waals surface area contributed by atoms with Crippen molar-refractivity contribution in [2.75, 3.05) is 12.4 Å². The van der Waals surface area contributed by atoms with Crippen molar-refractivity contribution in [1.82, 2.24) is 0 Å². The molecule has 1 amide bonds. The quantitative estimate of drug-likeness (QED) is 0.712. The van der Waals surface area contributed by atoms with E-state index in [4.69, 9.17) is 9.15 Å². The van der Waals surface area contributed by atoms with Gasteiger partial charge in [-0.25, -0.2) is 4.79 Å². The molecular weight excluding hydrogens is 351 g/mol. The maximum atomic E-state index is 12.7. The van der Waals surface area contributed by atoms with E-state index >= 15 is 0 Å². The van der Waals surface area contributed by atoms with Crippen molar-refractivity contribution in [3.8, 4) is 5.75 Å². The van der Waals surface area contributed by atoms with Crippen LogP contribution in [0.4, 0.5) is 18.9 Å². The number of hydrogen-bond acceptors (Lipinski definition) is 4. The van der Waals surface area contributed by atoms with Crippen LogP contribution in [0.1, 0.15) is 15.9 Å². The number of methoxy groups -OCH3 is 1. The number of nitrogens with one attached hydrogen (secondary N) is 1. The van der Waals surface area contributed by atoms with Crippen molar-refractivity contribution >= 4 is 22.6 Å². The Morgan fingerprint density at radius 1 is 1.12 bits per heavy atom.